The molecule has 15 heavy (non-hydrogen) atoms. The van der Waals surface area contributed by atoms with E-state index >= 15 is 0 Å². The van der Waals surface area contributed by atoms with Crippen LogP contribution >= 0.6 is 12.6 Å². The van der Waals surface area contributed by atoms with Crippen LogP contribution in [-0.4, -0.2) is 5.75 Å². The molecule has 0 unspecified atom stereocenters. The number of hydrogen-bond acceptors (Lipinski definition) is 2. The third-order valence-corrected chi connectivity index (χ3v) is 3.03. The van der Waals surface area contributed by atoms with E-state index in [9.17, 15) is 0 Å². The van der Waals surface area contributed by atoms with Gasteiger partial charge in [-0.05, 0) is 24.0 Å². The van der Waals surface area contributed by atoms with E-state index < -0.39 is 0 Å². The van der Waals surface area contributed by atoms with Crippen molar-refractivity contribution in [3.63, 3.8) is 0 Å². The number of thiol groups is 1. The monoisotopic (exact) mass is 215 g/mol. The van der Waals surface area contributed by atoms with Gasteiger partial charge >= 0.3 is 0 Å². The quantitative estimate of drug-likeness (QED) is 0.769. The Bertz CT molecular complexity index is 424. The highest BCUT2D eigenvalue weighted by molar-refractivity contribution is 7.80. The molecule has 0 aromatic heterocycles. The molecule has 1 saturated carbocycles. The highest BCUT2D eigenvalue weighted by atomic mass is 32.1. The van der Waals surface area contributed by atoms with Gasteiger partial charge in [-0.1, -0.05) is 36.4 Å². The minimum Gasteiger partial charge on any atom is -0.197 e. The van der Waals surface area contributed by atoms with Gasteiger partial charge in [0.2, 0.25) is 0 Å². The summed E-state index contributed by atoms with van der Waals surface area (Å²) < 4.78 is 0. The van der Waals surface area contributed by atoms with E-state index in [0.29, 0.717) is 0 Å². The maximum Gasteiger partial charge on any atom is 0.0824 e. The van der Waals surface area contributed by atoms with Crippen molar-refractivity contribution in [3.05, 3.63) is 41.5 Å². The minimum absolute atomic E-state index is 0.176. The van der Waals surface area contributed by atoms with Crippen LogP contribution in [0.4, 0.5) is 0 Å². The zero-order valence-electron chi connectivity index (χ0n) is 8.48. The van der Waals surface area contributed by atoms with Crippen LogP contribution in [-0.2, 0) is 5.41 Å². The van der Waals surface area contributed by atoms with Gasteiger partial charge in [0.1, 0.15) is 0 Å². The largest absolute Gasteiger partial charge is 0.197 e. The molecule has 0 aliphatic heterocycles. The summed E-state index contributed by atoms with van der Waals surface area (Å²) in [6, 6.07) is 10.6. The summed E-state index contributed by atoms with van der Waals surface area (Å²) >= 11 is 4.13. The van der Waals surface area contributed by atoms with Gasteiger partial charge in [-0.15, -0.1) is 0 Å². The molecule has 76 valence electrons. The van der Waals surface area contributed by atoms with Crippen molar-refractivity contribution < 1.29 is 0 Å². The molecule has 0 saturated heterocycles. The predicted molar refractivity (Wildman–Crippen MR) is 65.9 cm³/mol. The molecule has 0 bridgehead atoms. The molecule has 0 heterocycles. The molecular weight excluding hydrogens is 202 g/mol. The van der Waals surface area contributed by atoms with Crippen molar-refractivity contribution in [2.75, 3.05) is 5.75 Å². The summed E-state index contributed by atoms with van der Waals surface area (Å²) in [5.74, 6) is 0.744. The Morgan fingerprint density at radius 1 is 1.47 bits per heavy atom. The zero-order valence-corrected chi connectivity index (χ0v) is 9.37. The first-order valence-electron chi connectivity index (χ1n) is 5.10. The van der Waals surface area contributed by atoms with Gasteiger partial charge in [-0.3, -0.25) is 0 Å². The number of benzene rings is 1. The summed E-state index contributed by atoms with van der Waals surface area (Å²) in [5.41, 5.74) is 2.14. The molecule has 2 heteroatoms. The molecule has 1 nitrogen and oxygen atoms in total. The molecule has 1 fully saturated rings. The second-order valence-electron chi connectivity index (χ2n) is 3.90. The minimum atomic E-state index is -0.176. The van der Waals surface area contributed by atoms with Gasteiger partial charge in [0.05, 0.1) is 11.5 Å². The van der Waals surface area contributed by atoms with Crippen LogP contribution in [0.1, 0.15) is 24.0 Å². The Hall–Kier alpha value is -1.20. The molecule has 1 aliphatic carbocycles. The van der Waals surface area contributed by atoms with Crippen LogP contribution in [0.2, 0.25) is 0 Å². The fraction of sp³-hybridized carbons (Fsp3) is 0.308. The highest BCUT2D eigenvalue weighted by Crippen LogP contribution is 2.47. The predicted octanol–water partition coefficient (Wildman–Crippen LogP) is 3.18. The van der Waals surface area contributed by atoms with Crippen molar-refractivity contribution in [1.29, 1.82) is 5.26 Å². The van der Waals surface area contributed by atoms with E-state index in [4.69, 9.17) is 5.26 Å². The van der Waals surface area contributed by atoms with Gasteiger partial charge in [-0.2, -0.15) is 17.9 Å². The third-order valence-electron chi connectivity index (χ3n) is 2.82. The van der Waals surface area contributed by atoms with Gasteiger partial charge in [-0.25, -0.2) is 0 Å². The lowest BCUT2D eigenvalue weighted by Crippen LogP contribution is -2.01. The van der Waals surface area contributed by atoms with Crippen LogP contribution in [0.25, 0.3) is 6.08 Å². The third kappa shape index (κ3) is 2.08. The number of hydrogen-bond donors (Lipinski definition) is 1. The van der Waals surface area contributed by atoms with Crippen LogP contribution in [0, 0.1) is 11.3 Å². The molecular formula is C13H13NS. The Labute approximate surface area is 95.8 Å². The molecule has 1 aromatic rings. The van der Waals surface area contributed by atoms with Crippen molar-refractivity contribution in [1.82, 2.24) is 0 Å². The maximum atomic E-state index is 9.10. The molecule has 0 N–H and O–H groups in total. The first-order valence-corrected chi connectivity index (χ1v) is 5.73. The van der Waals surface area contributed by atoms with Crippen molar-refractivity contribution in [3.8, 4) is 6.07 Å². The van der Waals surface area contributed by atoms with Gasteiger partial charge in [0.15, 0.2) is 0 Å². The number of nitrogens with zero attached hydrogens (tertiary/aromatic N) is 1. The van der Waals surface area contributed by atoms with E-state index in [0.717, 1.165) is 29.7 Å². The molecule has 0 amide bonds. The SMILES string of the molecule is N#CC1(c2cccc(C=CCS)c2)CC1. The van der Waals surface area contributed by atoms with Crippen LogP contribution in [0.15, 0.2) is 30.3 Å². The fourth-order valence-electron chi connectivity index (χ4n) is 1.72. The van der Waals surface area contributed by atoms with Crippen molar-refractivity contribution in [2.45, 2.75) is 18.3 Å². The first-order chi connectivity index (χ1) is 7.30. The first kappa shape index (κ1) is 10.3. The Kier molecular flexibility index (Phi) is 2.83. The lowest BCUT2D eigenvalue weighted by Gasteiger charge is -2.06. The van der Waals surface area contributed by atoms with E-state index in [-0.39, 0.29) is 5.41 Å². The van der Waals surface area contributed by atoms with Crippen LogP contribution in [0.5, 0.6) is 0 Å². The number of nitriles is 1. The average molecular weight is 215 g/mol. The smallest absolute Gasteiger partial charge is 0.0824 e. The lowest BCUT2D eigenvalue weighted by molar-refractivity contribution is 0.908. The Balaban J connectivity index is 2.28. The molecule has 0 atom stereocenters. The molecule has 2 rings (SSSR count). The Morgan fingerprint density at radius 2 is 2.27 bits per heavy atom. The lowest BCUT2D eigenvalue weighted by atomic mass is 9.96. The maximum absolute atomic E-state index is 9.10. The summed E-state index contributed by atoms with van der Waals surface area (Å²) in [6.07, 6.45) is 6.06. The van der Waals surface area contributed by atoms with Gasteiger partial charge in [0, 0.05) is 5.75 Å². The highest BCUT2D eigenvalue weighted by Gasteiger charge is 2.44. The van der Waals surface area contributed by atoms with E-state index in [1.165, 1.54) is 0 Å². The number of rotatable bonds is 3. The van der Waals surface area contributed by atoms with Crippen molar-refractivity contribution >= 4 is 18.7 Å². The van der Waals surface area contributed by atoms with E-state index in [1.807, 2.05) is 24.3 Å². The normalized spacial score (nSPS) is 17.6. The van der Waals surface area contributed by atoms with Gasteiger partial charge < -0.3 is 0 Å². The molecule has 0 spiro atoms. The van der Waals surface area contributed by atoms with Crippen molar-refractivity contribution in [2.24, 2.45) is 0 Å². The summed E-state index contributed by atoms with van der Waals surface area (Å²) in [5, 5.41) is 9.10. The molecule has 1 aliphatic rings. The zero-order chi connectivity index (χ0) is 10.7. The fourth-order valence-corrected chi connectivity index (χ4v) is 1.82. The molecule has 1 aromatic carbocycles. The van der Waals surface area contributed by atoms with Crippen LogP contribution in [0.3, 0.4) is 0 Å². The van der Waals surface area contributed by atoms with Crippen LogP contribution < -0.4 is 0 Å². The van der Waals surface area contributed by atoms with Gasteiger partial charge in [0.25, 0.3) is 0 Å². The topological polar surface area (TPSA) is 23.8 Å². The van der Waals surface area contributed by atoms with E-state index in [1.54, 1.807) is 0 Å². The molecule has 0 radical (unpaired) electrons. The second-order valence-corrected chi connectivity index (χ2v) is 4.27. The average Bonchev–Trinajstić information content (AvgIpc) is 3.08. The summed E-state index contributed by atoms with van der Waals surface area (Å²) in [6.45, 7) is 0. The van der Waals surface area contributed by atoms with E-state index in [2.05, 4.69) is 30.8 Å². The Morgan fingerprint density at radius 3 is 2.87 bits per heavy atom. The summed E-state index contributed by atoms with van der Waals surface area (Å²) in [4.78, 5) is 0. The standard InChI is InChI=1S/C13H13NS/c14-10-13(6-7-13)12-5-1-3-11(9-12)4-2-8-15/h1-5,9,15H,6-8H2. The second kappa shape index (κ2) is 4.12. The summed E-state index contributed by atoms with van der Waals surface area (Å²) in [7, 11) is 0.